The lowest BCUT2D eigenvalue weighted by Gasteiger charge is -2.07. The molecule has 5 nitrogen and oxygen atoms in total. The van der Waals surface area contributed by atoms with E-state index in [1.165, 1.54) is 0 Å². The average molecular weight is 288 g/mol. The molecular formula is C14H12N2O3S. The van der Waals surface area contributed by atoms with E-state index < -0.39 is 0 Å². The highest BCUT2D eigenvalue weighted by Gasteiger charge is 2.13. The zero-order chi connectivity index (χ0) is 13.9. The third kappa shape index (κ3) is 2.65. The third-order valence-corrected chi connectivity index (χ3v) is 3.08. The van der Waals surface area contributed by atoms with Crippen LogP contribution in [0.15, 0.2) is 36.5 Å². The topological polar surface area (TPSA) is 66.6 Å². The number of ether oxygens (including phenoxy) is 3. The monoisotopic (exact) mass is 288 g/mol. The van der Waals surface area contributed by atoms with Crippen LogP contribution in [-0.4, -0.2) is 16.8 Å². The summed E-state index contributed by atoms with van der Waals surface area (Å²) < 4.78 is 16.2. The second-order valence-corrected chi connectivity index (χ2v) is 4.66. The van der Waals surface area contributed by atoms with Gasteiger partial charge in [0.05, 0.1) is 0 Å². The normalized spacial score (nSPS) is 12.2. The van der Waals surface area contributed by atoms with Gasteiger partial charge in [0.2, 0.25) is 12.7 Å². The van der Waals surface area contributed by atoms with Gasteiger partial charge in [0.1, 0.15) is 11.6 Å². The minimum absolute atomic E-state index is 0.261. The van der Waals surface area contributed by atoms with Crippen molar-refractivity contribution in [3.63, 3.8) is 0 Å². The van der Waals surface area contributed by atoms with Crippen molar-refractivity contribution >= 4 is 17.2 Å². The first-order valence-electron chi connectivity index (χ1n) is 5.99. The molecule has 0 aliphatic carbocycles. The molecule has 2 aromatic rings. The van der Waals surface area contributed by atoms with Gasteiger partial charge in [-0.2, -0.15) is 0 Å². The predicted molar refractivity (Wildman–Crippen MR) is 77.0 cm³/mol. The smallest absolute Gasteiger partial charge is 0.231 e. The lowest BCUT2D eigenvalue weighted by molar-refractivity contribution is 0.174. The van der Waals surface area contributed by atoms with Crippen LogP contribution in [0.4, 0.5) is 0 Å². The Morgan fingerprint density at radius 1 is 1.25 bits per heavy atom. The number of nitrogens with two attached hydrogens (primary N) is 1. The average Bonchev–Trinajstić information content (AvgIpc) is 2.93. The van der Waals surface area contributed by atoms with E-state index in [1.807, 2.05) is 18.2 Å². The number of aromatic nitrogens is 1. The molecule has 20 heavy (non-hydrogen) atoms. The Morgan fingerprint density at radius 2 is 2.10 bits per heavy atom. The number of hydrogen-bond acceptors (Lipinski definition) is 5. The Morgan fingerprint density at radius 3 is 2.95 bits per heavy atom. The molecule has 0 fully saturated rings. The fourth-order valence-electron chi connectivity index (χ4n) is 1.83. The van der Waals surface area contributed by atoms with Crippen molar-refractivity contribution in [2.45, 2.75) is 6.61 Å². The molecule has 1 aromatic heterocycles. The summed E-state index contributed by atoms with van der Waals surface area (Å²) in [7, 11) is 0. The first-order chi connectivity index (χ1) is 9.72. The summed E-state index contributed by atoms with van der Waals surface area (Å²) in [6.07, 6.45) is 1.61. The Balaban J connectivity index is 1.70. The maximum atomic E-state index is 5.62. The summed E-state index contributed by atoms with van der Waals surface area (Å²) >= 11 is 4.92. The quantitative estimate of drug-likeness (QED) is 0.868. The highest BCUT2D eigenvalue weighted by molar-refractivity contribution is 7.80. The van der Waals surface area contributed by atoms with Crippen molar-refractivity contribution < 1.29 is 14.2 Å². The molecule has 0 unspecified atom stereocenters. The van der Waals surface area contributed by atoms with Gasteiger partial charge in [0.15, 0.2) is 11.5 Å². The van der Waals surface area contributed by atoms with Crippen molar-refractivity contribution in [3.8, 4) is 17.4 Å². The molecule has 102 valence electrons. The number of pyridine rings is 1. The molecule has 6 heteroatoms. The largest absolute Gasteiger partial charge is 0.473 e. The molecule has 0 spiro atoms. The predicted octanol–water partition coefficient (Wildman–Crippen LogP) is 2.02. The number of hydrogen-bond donors (Lipinski definition) is 1. The molecule has 0 saturated heterocycles. The van der Waals surface area contributed by atoms with Crippen LogP contribution in [0.3, 0.4) is 0 Å². The first kappa shape index (κ1) is 12.7. The molecule has 0 radical (unpaired) electrons. The van der Waals surface area contributed by atoms with Crippen LogP contribution in [0.25, 0.3) is 0 Å². The summed E-state index contributed by atoms with van der Waals surface area (Å²) in [5, 5.41) is 0. The van der Waals surface area contributed by atoms with E-state index in [1.54, 1.807) is 18.3 Å². The standard InChI is InChI=1S/C14H12N2O3S/c15-14(20)10-3-4-16-13(6-10)17-7-9-1-2-11-12(5-9)19-8-18-11/h1-6H,7-8H2,(H2,15,20). The van der Waals surface area contributed by atoms with Crippen LogP contribution < -0.4 is 19.9 Å². The first-order valence-corrected chi connectivity index (χ1v) is 6.40. The molecule has 3 rings (SSSR count). The van der Waals surface area contributed by atoms with Gasteiger partial charge >= 0.3 is 0 Å². The van der Waals surface area contributed by atoms with Crippen LogP contribution in [0.1, 0.15) is 11.1 Å². The summed E-state index contributed by atoms with van der Waals surface area (Å²) in [5.74, 6) is 1.96. The fraction of sp³-hybridized carbons (Fsp3) is 0.143. The molecule has 0 bridgehead atoms. The minimum atomic E-state index is 0.261. The highest BCUT2D eigenvalue weighted by atomic mass is 32.1. The maximum absolute atomic E-state index is 5.62. The summed E-state index contributed by atoms with van der Waals surface area (Å²) in [5.41, 5.74) is 7.27. The van der Waals surface area contributed by atoms with Gasteiger partial charge < -0.3 is 19.9 Å². The van der Waals surface area contributed by atoms with E-state index in [0.29, 0.717) is 17.5 Å². The molecule has 1 aromatic carbocycles. The Kier molecular flexibility index (Phi) is 3.39. The number of nitrogens with zero attached hydrogens (tertiary/aromatic N) is 1. The van der Waals surface area contributed by atoms with Gasteiger partial charge in [-0.25, -0.2) is 4.98 Å². The van der Waals surface area contributed by atoms with Crippen LogP contribution in [0.2, 0.25) is 0 Å². The van der Waals surface area contributed by atoms with E-state index in [0.717, 1.165) is 22.6 Å². The molecule has 1 aliphatic heterocycles. The van der Waals surface area contributed by atoms with Crippen molar-refractivity contribution in [1.29, 1.82) is 0 Å². The maximum Gasteiger partial charge on any atom is 0.231 e. The molecule has 2 N–H and O–H groups in total. The second kappa shape index (κ2) is 5.34. The number of fused-ring (bicyclic) bond motifs is 1. The van der Waals surface area contributed by atoms with Gasteiger partial charge in [0, 0.05) is 17.8 Å². The molecule has 0 atom stereocenters. The van der Waals surface area contributed by atoms with E-state index >= 15 is 0 Å². The zero-order valence-electron chi connectivity index (χ0n) is 10.5. The Bertz CT molecular complexity index is 661. The number of benzene rings is 1. The SMILES string of the molecule is NC(=S)c1ccnc(OCc2ccc3c(c2)OCO3)c1. The van der Waals surface area contributed by atoms with Crippen molar-refractivity contribution in [2.75, 3.05) is 6.79 Å². The summed E-state index contributed by atoms with van der Waals surface area (Å²) in [6, 6.07) is 9.13. The van der Waals surface area contributed by atoms with Gasteiger partial charge in [-0.15, -0.1) is 0 Å². The minimum Gasteiger partial charge on any atom is -0.473 e. The second-order valence-electron chi connectivity index (χ2n) is 4.22. The van der Waals surface area contributed by atoms with Gasteiger partial charge in [-0.1, -0.05) is 18.3 Å². The van der Waals surface area contributed by atoms with Gasteiger partial charge in [-0.05, 0) is 23.8 Å². The number of thiocarbonyl (C=S) groups is 1. The van der Waals surface area contributed by atoms with Gasteiger partial charge in [-0.3, -0.25) is 0 Å². The third-order valence-electron chi connectivity index (χ3n) is 2.84. The van der Waals surface area contributed by atoms with E-state index in [9.17, 15) is 0 Å². The van der Waals surface area contributed by atoms with Crippen molar-refractivity contribution in [3.05, 3.63) is 47.7 Å². The highest BCUT2D eigenvalue weighted by Crippen LogP contribution is 2.32. The van der Waals surface area contributed by atoms with Crippen molar-refractivity contribution in [1.82, 2.24) is 4.98 Å². The molecule has 0 saturated carbocycles. The Labute approximate surface area is 121 Å². The molecule has 1 aliphatic rings. The van der Waals surface area contributed by atoms with Crippen molar-refractivity contribution in [2.24, 2.45) is 5.73 Å². The lowest BCUT2D eigenvalue weighted by atomic mass is 10.2. The van der Waals surface area contributed by atoms with E-state index in [4.69, 9.17) is 32.2 Å². The molecular weight excluding hydrogens is 276 g/mol. The van der Waals surface area contributed by atoms with Gasteiger partial charge in [0.25, 0.3) is 0 Å². The summed E-state index contributed by atoms with van der Waals surface area (Å²) in [4.78, 5) is 4.44. The Hall–Kier alpha value is -2.34. The van der Waals surface area contributed by atoms with Crippen LogP contribution >= 0.6 is 12.2 Å². The lowest BCUT2D eigenvalue weighted by Crippen LogP contribution is -2.09. The summed E-state index contributed by atoms with van der Waals surface area (Å²) in [6.45, 7) is 0.640. The molecule has 0 amide bonds. The number of rotatable bonds is 4. The molecule has 2 heterocycles. The van der Waals surface area contributed by atoms with Crippen LogP contribution in [-0.2, 0) is 6.61 Å². The van der Waals surface area contributed by atoms with Crippen LogP contribution in [0.5, 0.6) is 17.4 Å². The zero-order valence-corrected chi connectivity index (χ0v) is 11.4. The van der Waals surface area contributed by atoms with E-state index in [-0.39, 0.29) is 6.79 Å². The fourth-order valence-corrected chi connectivity index (χ4v) is 1.96. The van der Waals surface area contributed by atoms with Crippen LogP contribution in [0, 0.1) is 0 Å². The van der Waals surface area contributed by atoms with E-state index in [2.05, 4.69) is 4.98 Å².